The average molecular weight is 252 g/mol. The van der Waals surface area contributed by atoms with Crippen LogP contribution in [0.5, 0.6) is 0 Å². The van der Waals surface area contributed by atoms with Gasteiger partial charge in [-0.05, 0) is 25.7 Å². The van der Waals surface area contributed by atoms with Crippen molar-refractivity contribution in [1.29, 1.82) is 0 Å². The topological polar surface area (TPSA) is 38.5 Å². The molecule has 2 aliphatic rings. The number of nitrogens with two attached hydrogens (primary N) is 1. The second-order valence-electron chi connectivity index (χ2n) is 4.92. The lowest BCUT2D eigenvalue weighted by atomic mass is 9.93. The first kappa shape index (κ1) is 13.1. The third kappa shape index (κ3) is 3.11. The molecule has 0 amide bonds. The summed E-state index contributed by atoms with van der Waals surface area (Å²) in [7, 11) is 0. The Hall–Kier alpha value is -0.330. The summed E-state index contributed by atoms with van der Waals surface area (Å²) in [5, 5.41) is 0. The lowest BCUT2D eigenvalue weighted by molar-refractivity contribution is -0.202. The van der Waals surface area contributed by atoms with Crippen molar-refractivity contribution in [3.8, 4) is 0 Å². The summed E-state index contributed by atoms with van der Waals surface area (Å²) in [5.74, 6) is 0. The smallest absolute Gasteiger partial charge is 0.381 e. The molecule has 100 valence electrons. The Morgan fingerprint density at radius 3 is 2.35 bits per heavy atom. The highest BCUT2D eigenvalue weighted by Crippen LogP contribution is 2.34. The number of hydrogen-bond donors (Lipinski definition) is 1. The van der Waals surface area contributed by atoms with E-state index in [2.05, 4.69) is 0 Å². The van der Waals surface area contributed by atoms with Gasteiger partial charge in [-0.15, -0.1) is 0 Å². The molecule has 2 rings (SSSR count). The predicted octanol–water partition coefficient (Wildman–Crippen LogP) is 1.52. The number of halogens is 3. The van der Waals surface area contributed by atoms with Crippen LogP contribution in [0.3, 0.4) is 0 Å². The molecule has 0 aliphatic carbocycles. The van der Waals surface area contributed by atoms with E-state index in [1.54, 1.807) is 4.90 Å². The summed E-state index contributed by atoms with van der Waals surface area (Å²) < 4.78 is 44.2. The van der Waals surface area contributed by atoms with Crippen LogP contribution < -0.4 is 5.73 Å². The first-order chi connectivity index (χ1) is 7.98. The van der Waals surface area contributed by atoms with E-state index in [1.165, 1.54) is 0 Å². The minimum atomic E-state index is -4.17. The molecule has 2 N–H and O–H groups in total. The van der Waals surface area contributed by atoms with E-state index < -0.39 is 12.2 Å². The molecular formula is C11H19F3N2O. The van der Waals surface area contributed by atoms with E-state index in [4.69, 9.17) is 10.5 Å². The van der Waals surface area contributed by atoms with Crippen molar-refractivity contribution in [2.75, 3.05) is 19.8 Å². The lowest BCUT2D eigenvalue weighted by Crippen LogP contribution is -2.58. The van der Waals surface area contributed by atoms with Crippen LogP contribution in [-0.2, 0) is 4.74 Å². The van der Waals surface area contributed by atoms with Gasteiger partial charge in [-0.3, -0.25) is 4.90 Å². The molecule has 0 spiro atoms. The maximum Gasteiger partial charge on any atom is 0.404 e. The molecular weight excluding hydrogens is 233 g/mol. The number of hydrogen-bond acceptors (Lipinski definition) is 3. The Bertz CT molecular complexity index is 254. The molecule has 17 heavy (non-hydrogen) atoms. The fourth-order valence-corrected chi connectivity index (χ4v) is 2.79. The van der Waals surface area contributed by atoms with Crippen LogP contribution >= 0.6 is 0 Å². The van der Waals surface area contributed by atoms with Gasteiger partial charge in [-0.1, -0.05) is 0 Å². The molecule has 2 saturated heterocycles. The molecule has 2 fully saturated rings. The SMILES string of the molecule is N[C@H]1CCN(C2CCOCC2)C(C(F)(F)F)C1. The van der Waals surface area contributed by atoms with Gasteiger partial charge in [0.2, 0.25) is 0 Å². The monoisotopic (exact) mass is 252 g/mol. The van der Waals surface area contributed by atoms with Gasteiger partial charge in [0, 0.05) is 31.8 Å². The van der Waals surface area contributed by atoms with Gasteiger partial charge in [0.05, 0.1) is 0 Å². The molecule has 0 bridgehead atoms. The Kier molecular flexibility index (Phi) is 3.95. The highest BCUT2D eigenvalue weighted by atomic mass is 19.4. The van der Waals surface area contributed by atoms with Crippen molar-refractivity contribution < 1.29 is 17.9 Å². The van der Waals surface area contributed by atoms with Gasteiger partial charge in [0.15, 0.2) is 0 Å². The molecule has 2 aliphatic heterocycles. The van der Waals surface area contributed by atoms with E-state index in [9.17, 15) is 13.2 Å². The van der Waals surface area contributed by atoms with Crippen molar-refractivity contribution in [3.63, 3.8) is 0 Å². The third-order valence-electron chi connectivity index (χ3n) is 3.72. The molecule has 2 heterocycles. The predicted molar refractivity (Wildman–Crippen MR) is 57.6 cm³/mol. The number of piperidine rings is 1. The summed E-state index contributed by atoms with van der Waals surface area (Å²) in [4.78, 5) is 1.60. The normalized spacial score (nSPS) is 33.9. The van der Waals surface area contributed by atoms with Crippen LogP contribution in [-0.4, -0.2) is 49.0 Å². The van der Waals surface area contributed by atoms with Crippen LogP contribution in [0.25, 0.3) is 0 Å². The summed E-state index contributed by atoms with van der Waals surface area (Å²) in [6, 6.07) is -1.69. The van der Waals surface area contributed by atoms with Crippen LogP contribution in [0.15, 0.2) is 0 Å². The highest BCUT2D eigenvalue weighted by molar-refractivity contribution is 4.92. The zero-order valence-corrected chi connectivity index (χ0v) is 9.75. The number of nitrogens with zero attached hydrogens (tertiary/aromatic N) is 1. The zero-order chi connectivity index (χ0) is 12.5. The molecule has 0 radical (unpaired) electrons. The van der Waals surface area contributed by atoms with Crippen LogP contribution in [0.1, 0.15) is 25.7 Å². The van der Waals surface area contributed by atoms with Gasteiger partial charge in [-0.2, -0.15) is 13.2 Å². The van der Waals surface area contributed by atoms with Crippen LogP contribution in [0.4, 0.5) is 13.2 Å². The van der Waals surface area contributed by atoms with Crippen molar-refractivity contribution >= 4 is 0 Å². The Balaban J connectivity index is 2.06. The molecule has 3 nitrogen and oxygen atoms in total. The van der Waals surface area contributed by atoms with Crippen molar-refractivity contribution in [2.45, 2.75) is 50.0 Å². The average Bonchev–Trinajstić information content (AvgIpc) is 2.29. The quantitative estimate of drug-likeness (QED) is 0.769. The minimum absolute atomic E-state index is 0.00266. The molecule has 0 aromatic rings. The van der Waals surface area contributed by atoms with Gasteiger partial charge < -0.3 is 10.5 Å². The minimum Gasteiger partial charge on any atom is -0.381 e. The van der Waals surface area contributed by atoms with Crippen molar-refractivity contribution in [1.82, 2.24) is 4.90 Å². The van der Waals surface area contributed by atoms with Crippen LogP contribution in [0, 0.1) is 0 Å². The second kappa shape index (κ2) is 5.12. The Morgan fingerprint density at radius 2 is 1.76 bits per heavy atom. The number of ether oxygens (including phenoxy) is 1. The molecule has 0 saturated carbocycles. The standard InChI is InChI=1S/C11H19F3N2O/c12-11(13,14)10-7-8(15)1-4-16(10)9-2-5-17-6-3-9/h8-10H,1-7,15H2/t8-,10?/m0/s1. The molecule has 1 unspecified atom stereocenters. The highest BCUT2D eigenvalue weighted by Gasteiger charge is 2.48. The van der Waals surface area contributed by atoms with Crippen LogP contribution in [0.2, 0.25) is 0 Å². The number of rotatable bonds is 1. The maximum absolute atomic E-state index is 13.0. The fourth-order valence-electron chi connectivity index (χ4n) is 2.79. The third-order valence-corrected chi connectivity index (χ3v) is 3.72. The molecule has 0 aromatic carbocycles. The summed E-state index contributed by atoms with van der Waals surface area (Å²) in [6.07, 6.45) is -2.09. The maximum atomic E-state index is 13.0. The van der Waals surface area contributed by atoms with E-state index in [0.29, 0.717) is 39.0 Å². The fraction of sp³-hybridized carbons (Fsp3) is 1.00. The van der Waals surface area contributed by atoms with Gasteiger partial charge in [-0.25, -0.2) is 0 Å². The van der Waals surface area contributed by atoms with E-state index in [-0.39, 0.29) is 18.5 Å². The van der Waals surface area contributed by atoms with Gasteiger partial charge >= 0.3 is 6.18 Å². The first-order valence-electron chi connectivity index (χ1n) is 6.14. The van der Waals surface area contributed by atoms with E-state index in [1.807, 2.05) is 0 Å². The Labute approximate surface area is 99.1 Å². The molecule has 0 aromatic heterocycles. The molecule has 6 heteroatoms. The Morgan fingerprint density at radius 1 is 1.12 bits per heavy atom. The van der Waals surface area contributed by atoms with E-state index in [0.717, 1.165) is 0 Å². The second-order valence-corrected chi connectivity index (χ2v) is 4.92. The lowest BCUT2D eigenvalue weighted by Gasteiger charge is -2.44. The molecule has 2 atom stereocenters. The summed E-state index contributed by atoms with van der Waals surface area (Å²) in [6.45, 7) is 1.59. The van der Waals surface area contributed by atoms with E-state index >= 15 is 0 Å². The largest absolute Gasteiger partial charge is 0.404 e. The zero-order valence-electron chi connectivity index (χ0n) is 9.75. The van der Waals surface area contributed by atoms with Gasteiger partial charge in [0.1, 0.15) is 6.04 Å². The summed E-state index contributed by atoms with van der Waals surface area (Å²) >= 11 is 0. The number of likely N-dealkylation sites (tertiary alicyclic amines) is 1. The van der Waals surface area contributed by atoms with Crippen molar-refractivity contribution in [3.05, 3.63) is 0 Å². The summed E-state index contributed by atoms with van der Waals surface area (Å²) in [5.41, 5.74) is 5.66. The first-order valence-corrected chi connectivity index (χ1v) is 6.14. The van der Waals surface area contributed by atoms with Gasteiger partial charge in [0.25, 0.3) is 0 Å². The van der Waals surface area contributed by atoms with Crippen molar-refractivity contribution in [2.24, 2.45) is 5.73 Å². The number of alkyl halides is 3.